The largest absolute Gasteiger partial charge is 0.396 e. The van der Waals surface area contributed by atoms with Gasteiger partial charge in [0.1, 0.15) is 12.1 Å². The molecule has 2 N–H and O–H groups in total. The van der Waals surface area contributed by atoms with E-state index >= 15 is 0 Å². The molecule has 4 rings (SSSR count). The lowest BCUT2D eigenvalue weighted by molar-refractivity contribution is 0.0777. The summed E-state index contributed by atoms with van der Waals surface area (Å²) in [4.78, 5) is 14.3. The van der Waals surface area contributed by atoms with Gasteiger partial charge >= 0.3 is 0 Å². The van der Waals surface area contributed by atoms with Crippen LogP contribution in [-0.2, 0) is 12.8 Å². The molecule has 1 atom stereocenters. The number of fused-ring (bicyclic) bond motifs is 1. The van der Waals surface area contributed by atoms with Gasteiger partial charge in [-0.1, -0.05) is 0 Å². The quantitative estimate of drug-likeness (QED) is 0.846. The molecule has 0 unspecified atom stereocenters. The van der Waals surface area contributed by atoms with Crippen molar-refractivity contribution in [2.24, 2.45) is 5.92 Å². The highest BCUT2D eigenvalue weighted by Crippen LogP contribution is 2.28. The van der Waals surface area contributed by atoms with E-state index in [-0.39, 0.29) is 0 Å². The van der Waals surface area contributed by atoms with Gasteiger partial charge in [-0.05, 0) is 51.1 Å². The first-order valence-corrected chi connectivity index (χ1v) is 9.98. The van der Waals surface area contributed by atoms with Crippen molar-refractivity contribution in [3.05, 3.63) is 17.6 Å². The van der Waals surface area contributed by atoms with E-state index in [1.165, 1.54) is 49.3 Å². The molecule has 3 aliphatic heterocycles. The third-order valence-electron chi connectivity index (χ3n) is 6.19. The fourth-order valence-electron chi connectivity index (χ4n) is 4.75. The molecule has 0 spiro atoms. The summed E-state index contributed by atoms with van der Waals surface area (Å²) in [7, 11) is 0. The minimum Gasteiger partial charge on any atom is -0.396 e. The van der Waals surface area contributed by atoms with Crippen LogP contribution < -0.4 is 10.2 Å². The van der Waals surface area contributed by atoms with Crippen LogP contribution in [0.1, 0.15) is 36.9 Å². The summed E-state index contributed by atoms with van der Waals surface area (Å²) in [5.41, 5.74) is 2.60. The van der Waals surface area contributed by atoms with Crippen LogP contribution in [0.15, 0.2) is 6.33 Å². The third-order valence-corrected chi connectivity index (χ3v) is 6.19. The second-order valence-corrected chi connectivity index (χ2v) is 7.78. The molecule has 6 nitrogen and oxygen atoms in total. The smallest absolute Gasteiger partial charge is 0.135 e. The van der Waals surface area contributed by atoms with Crippen molar-refractivity contribution < 1.29 is 5.11 Å². The monoisotopic (exact) mass is 345 g/mol. The molecule has 0 aliphatic carbocycles. The Balaban J connectivity index is 1.41. The van der Waals surface area contributed by atoms with E-state index in [4.69, 9.17) is 0 Å². The molecule has 0 radical (unpaired) electrons. The first-order chi connectivity index (χ1) is 12.3. The van der Waals surface area contributed by atoms with Crippen LogP contribution in [0.25, 0.3) is 0 Å². The van der Waals surface area contributed by atoms with Gasteiger partial charge in [0.15, 0.2) is 0 Å². The van der Waals surface area contributed by atoms with Crippen LogP contribution in [0.3, 0.4) is 0 Å². The van der Waals surface area contributed by atoms with Crippen molar-refractivity contribution in [2.45, 2.75) is 44.6 Å². The minimum absolute atomic E-state index is 0.344. The van der Waals surface area contributed by atoms with E-state index in [9.17, 15) is 5.11 Å². The second kappa shape index (κ2) is 7.98. The van der Waals surface area contributed by atoms with Gasteiger partial charge < -0.3 is 15.3 Å². The van der Waals surface area contributed by atoms with Gasteiger partial charge in [0.05, 0.1) is 5.69 Å². The zero-order chi connectivity index (χ0) is 17.1. The van der Waals surface area contributed by atoms with Gasteiger partial charge in [-0.15, -0.1) is 0 Å². The molecule has 0 saturated carbocycles. The molecule has 2 saturated heterocycles. The van der Waals surface area contributed by atoms with Crippen molar-refractivity contribution in [1.29, 1.82) is 0 Å². The zero-order valence-electron chi connectivity index (χ0n) is 15.2. The standard InChI is InChI=1S/C19H31N5O/c25-13-15-2-1-9-24(12-15)16-5-10-23(11-6-16)19-17-3-7-20-8-4-18(17)21-14-22-19/h14-16,20,25H,1-13H2/t15-/m1/s1. The molecule has 138 valence electrons. The van der Waals surface area contributed by atoms with Gasteiger partial charge in [-0.2, -0.15) is 0 Å². The normalized spacial score (nSPS) is 26.3. The summed E-state index contributed by atoms with van der Waals surface area (Å²) in [5, 5.41) is 12.9. The molecule has 0 amide bonds. The first-order valence-electron chi connectivity index (χ1n) is 9.98. The molecule has 1 aromatic heterocycles. The lowest BCUT2D eigenvalue weighted by Crippen LogP contribution is -2.49. The fourth-order valence-corrected chi connectivity index (χ4v) is 4.75. The molecular formula is C19H31N5O. The molecule has 25 heavy (non-hydrogen) atoms. The Morgan fingerprint density at radius 1 is 1.08 bits per heavy atom. The van der Waals surface area contributed by atoms with E-state index in [0.29, 0.717) is 18.6 Å². The van der Waals surface area contributed by atoms with Crippen LogP contribution in [0.4, 0.5) is 5.82 Å². The Hall–Kier alpha value is -1.24. The van der Waals surface area contributed by atoms with Crippen LogP contribution >= 0.6 is 0 Å². The molecule has 0 bridgehead atoms. The summed E-state index contributed by atoms with van der Waals surface area (Å²) >= 11 is 0. The van der Waals surface area contributed by atoms with Crippen molar-refractivity contribution in [1.82, 2.24) is 20.2 Å². The number of rotatable bonds is 3. The maximum atomic E-state index is 9.48. The number of aromatic nitrogens is 2. The third kappa shape index (κ3) is 3.81. The van der Waals surface area contributed by atoms with Crippen LogP contribution in [-0.4, -0.2) is 71.9 Å². The Morgan fingerprint density at radius 2 is 1.92 bits per heavy atom. The predicted octanol–water partition coefficient (Wildman–Crippen LogP) is 0.838. The van der Waals surface area contributed by atoms with Crippen LogP contribution in [0.5, 0.6) is 0 Å². The molecule has 3 aliphatic rings. The highest BCUT2D eigenvalue weighted by molar-refractivity contribution is 5.49. The van der Waals surface area contributed by atoms with E-state index in [0.717, 1.165) is 45.6 Å². The number of nitrogens with zero attached hydrogens (tertiary/aromatic N) is 4. The summed E-state index contributed by atoms with van der Waals surface area (Å²) in [6, 6.07) is 0.674. The molecule has 4 heterocycles. The van der Waals surface area contributed by atoms with E-state index in [1.807, 2.05) is 0 Å². The van der Waals surface area contributed by atoms with Crippen molar-refractivity contribution in [3.63, 3.8) is 0 Å². The van der Waals surface area contributed by atoms with Gasteiger partial charge in [0.2, 0.25) is 0 Å². The molecule has 6 heteroatoms. The van der Waals surface area contributed by atoms with Gasteiger partial charge in [0, 0.05) is 50.8 Å². The van der Waals surface area contributed by atoms with E-state index < -0.39 is 0 Å². The van der Waals surface area contributed by atoms with Crippen LogP contribution in [0.2, 0.25) is 0 Å². The molecular weight excluding hydrogens is 314 g/mol. The maximum absolute atomic E-state index is 9.48. The SMILES string of the molecule is OC[C@@H]1CCCN(C2CCN(c3ncnc4c3CCNCC4)CC2)C1. The summed E-state index contributed by atoms with van der Waals surface area (Å²) in [5.74, 6) is 1.66. The zero-order valence-corrected chi connectivity index (χ0v) is 15.2. The van der Waals surface area contributed by atoms with Gasteiger partial charge in [-0.3, -0.25) is 4.90 Å². The maximum Gasteiger partial charge on any atom is 0.135 e. The number of likely N-dealkylation sites (tertiary alicyclic amines) is 1. The fraction of sp³-hybridized carbons (Fsp3) is 0.789. The summed E-state index contributed by atoms with van der Waals surface area (Å²) in [6.45, 7) is 6.85. The lowest BCUT2D eigenvalue weighted by Gasteiger charge is -2.42. The second-order valence-electron chi connectivity index (χ2n) is 7.78. The minimum atomic E-state index is 0.344. The Morgan fingerprint density at radius 3 is 2.76 bits per heavy atom. The van der Waals surface area contributed by atoms with E-state index in [1.54, 1.807) is 6.33 Å². The van der Waals surface area contributed by atoms with E-state index in [2.05, 4.69) is 25.1 Å². The predicted molar refractivity (Wildman–Crippen MR) is 98.9 cm³/mol. The lowest BCUT2D eigenvalue weighted by atomic mass is 9.94. The molecule has 2 fully saturated rings. The number of piperidine rings is 2. The number of nitrogens with one attached hydrogen (secondary N) is 1. The number of anilines is 1. The molecule has 1 aromatic rings. The van der Waals surface area contributed by atoms with Gasteiger partial charge in [-0.25, -0.2) is 9.97 Å². The highest BCUT2D eigenvalue weighted by Gasteiger charge is 2.30. The Bertz CT molecular complexity index is 573. The van der Waals surface area contributed by atoms with Gasteiger partial charge in [0.25, 0.3) is 0 Å². The van der Waals surface area contributed by atoms with Crippen LogP contribution in [0, 0.1) is 5.92 Å². The first kappa shape index (κ1) is 17.2. The Labute approximate surface area is 150 Å². The summed E-state index contributed by atoms with van der Waals surface area (Å²) in [6.07, 6.45) is 8.63. The summed E-state index contributed by atoms with van der Waals surface area (Å²) < 4.78 is 0. The topological polar surface area (TPSA) is 64.5 Å². The average Bonchev–Trinajstić information content (AvgIpc) is 2.93. The number of hydrogen-bond donors (Lipinski definition) is 2. The average molecular weight is 345 g/mol. The Kier molecular flexibility index (Phi) is 5.48. The van der Waals surface area contributed by atoms with Crippen molar-refractivity contribution in [3.8, 4) is 0 Å². The molecule has 0 aromatic carbocycles. The number of aliphatic hydroxyl groups excluding tert-OH is 1. The van der Waals surface area contributed by atoms with Crippen molar-refractivity contribution in [2.75, 3.05) is 50.8 Å². The number of hydrogen-bond acceptors (Lipinski definition) is 6. The number of aliphatic hydroxyl groups is 1. The van der Waals surface area contributed by atoms with Crippen molar-refractivity contribution >= 4 is 5.82 Å². The highest BCUT2D eigenvalue weighted by atomic mass is 16.3.